The van der Waals surface area contributed by atoms with Crippen LogP contribution < -0.4 is 11.1 Å². The number of carbonyl (C=O) groups is 1. The average molecular weight is 441 g/mol. The first-order valence-electron chi connectivity index (χ1n) is 10.1. The summed E-state index contributed by atoms with van der Waals surface area (Å²) in [6, 6.07) is 24.5. The summed E-state index contributed by atoms with van der Waals surface area (Å²) in [5, 5.41) is 3.51. The Hall–Kier alpha value is -3.96. The van der Waals surface area contributed by atoms with Crippen molar-refractivity contribution >= 4 is 41.2 Å². The first kappa shape index (κ1) is 21.3. The molecule has 0 bridgehead atoms. The zero-order valence-electron chi connectivity index (χ0n) is 17.2. The van der Waals surface area contributed by atoms with Crippen molar-refractivity contribution < 1.29 is 4.79 Å². The number of carbonyl (C=O) groups excluding carboxylic acids is 1. The van der Waals surface area contributed by atoms with Crippen molar-refractivity contribution in [3.8, 4) is 11.3 Å². The molecule has 0 aliphatic heterocycles. The molecular formula is C26H21ClN4O. The number of nitrogen functional groups attached to an aromatic ring is 1. The second kappa shape index (κ2) is 9.90. The van der Waals surface area contributed by atoms with Gasteiger partial charge in [-0.25, -0.2) is 9.97 Å². The van der Waals surface area contributed by atoms with Gasteiger partial charge in [-0.05, 0) is 41.5 Å². The number of hydrogen-bond acceptors (Lipinski definition) is 4. The molecule has 0 unspecified atom stereocenters. The lowest BCUT2D eigenvalue weighted by atomic mass is 10.1. The highest BCUT2D eigenvalue weighted by molar-refractivity contribution is 6.30. The normalized spacial score (nSPS) is 10.9. The number of nitrogens with two attached hydrogens (primary N) is 1. The van der Waals surface area contributed by atoms with E-state index in [0.29, 0.717) is 27.9 Å². The van der Waals surface area contributed by atoms with Crippen LogP contribution in [0.25, 0.3) is 23.4 Å². The topological polar surface area (TPSA) is 80.9 Å². The van der Waals surface area contributed by atoms with Gasteiger partial charge in [0.05, 0.1) is 18.3 Å². The number of anilines is 2. The Labute approximate surface area is 191 Å². The van der Waals surface area contributed by atoms with Crippen LogP contribution in [0.3, 0.4) is 0 Å². The largest absolute Gasteiger partial charge is 0.399 e. The van der Waals surface area contributed by atoms with E-state index < -0.39 is 0 Å². The zero-order valence-corrected chi connectivity index (χ0v) is 18.0. The Bertz CT molecular complexity index is 1240. The van der Waals surface area contributed by atoms with E-state index in [1.807, 2.05) is 78.9 Å². The maximum Gasteiger partial charge on any atom is 0.230 e. The van der Waals surface area contributed by atoms with Crippen LogP contribution in [-0.4, -0.2) is 15.9 Å². The summed E-state index contributed by atoms with van der Waals surface area (Å²) in [5.74, 6) is 0.214. The second-order valence-electron chi connectivity index (χ2n) is 7.21. The maximum atomic E-state index is 12.6. The summed E-state index contributed by atoms with van der Waals surface area (Å²) in [6.45, 7) is 0. The molecule has 0 saturated heterocycles. The molecule has 0 fully saturated rings. The smallest absolute Gasteiger partial charge is 0.230 e. The third-order valence-electron chi connectivity index (χ3n) is 4.77. The van der Waals surface area contributed by atoms with Crippen molar-refractivity contribution in [2.45, 2.75) is 6.42 Å². The Kier molecular flexibility index (Phi) is 6.58. The van der Waals surface area contributed by atoms with E-state index in [9.17, 15) is 4.79 Å². The monoisotopic (exact) mass is 440 g/mol. The highest BCUT2D eigenvalue weighted by atomic mass is 35.5. The van der Waals surface area contributed by atoms with Crippen molar-refractivity contribution in [3.63, 3.8) is 0 Å². The second-order valence-corrected chi connectivity index (χ2v) is 7.64. The molecule has 0 aliphatic carbocycles. The molecule has 32 heavy (non-hydrogen) atoms. The number of halogens is 1. The maximum absolute atomic E-state index is 12.6. The van der Waals surface area contributed by atoms with Crippen LogP contribution in [0.4, 0.5) is 11.5 Å². The first-order valence-corrected chi connectivity index (χ1v) is 10.4. The molecule has 1 aromatic heterocycles. The molecule has 158 valence electrons. The fourth-order valence-corrected chi connectivity index (χ4v) is 3.24. The van der Waals surface area contributed by atoms with E-state index in [1.54, 1.807) is 18.3 Å². The van der Waals surface area contributed by atoms with Crippen molar-refractivity contribution in [3.05, 3.63) is 107 Å². The fraction of sp³-hybridized carbons (Fsp3) is 0.0385. The number of amides is 1. The Morgan fingerprint density at radius 3 is 2.38 bits per heavy atom. The molecule has 1 heterocycles. The lowest BCUT2D eigenvalue weighted by molar-refractivity contribution is -0.115. The molecule has 0 atom stereocenters. The number of hydrogen-bond donors (Lipinski definition) is 2. The van der Waals surface area contributed by atoms with E-state index >= 15 is 0 Å². The van der Waals surface area contributed by atoms with Crippen LogP contribution in [0.1, 0.15) is 16.8 Å². The Morgan fingerprint density at radius 1 is 0.938 bits per heavy atom. The van der Waals surface area contributed by atoms with E-state index in [-0.39, 0.29) is 12.3 Å². The van der Waals surface area contributed by atoms with Crippen LogP contribution >= 0.6 is 11.6 Å². The standard InChI is InChI=1S/C26H21ClN4O/c27-21-11-6-19(7-12-21)16-25(32)31-26-23(15-8-18-4-2-1-3-5-18)30-24(17-29-26)20-9-13-22(28)14-10-20/h1-15,17H,16,28H2,(H,29,31,32)/b15-8+. The fourth-order valence-electron chi connectivity index (χ4n) is 3.11. The zero-order chi connectivity index (χ0) is 22.3. The van der Waals surface area contributed by atoms with Gasteiger partial charge in [-0.3, -0.25) is 4.79 Å². The molecule has 0 saturated carbocycles. The predicted octanol–water partition coefficient (Wildman–Crippen LogP) is 5.73. The van der Waals surface area contributed by atoms with Crippen LogP contribution in [-0.2, 0) is 11.2 Å². The molecule has 4 rings (SSSR count). The summed E-state index contributed by atoms with van der Waals surface area (Å²) in [7, 11) is 0. The van der Waals surface area contributed by atoms with Gasteiger partial charge in [0.25, 0.3) is 0 Å². The van der Waals surface area contributed by atoms with Crippen LogP contribution in [0.5, 0.6) is 0 Å². The molecule has 5 nitrogen and oxygen atoms in total. The van der Waals surface area contributed by atoms with E-state index in [4.69, 9.17) is 22.3 Å². The van der Waals surface area contributed by atoms with Gasteiger partial charge < -0.3 is 11.1 Å². The average Bonchev–Trinajstić information content (AvgIpc) is 2.81. The highest BCUT2D eigenvalue weighted by Gasteiger charge is 2.11. The van der Waals surface area contributed by atoms with Crippen LogP contribution in [0.15, 0.2) is 85.1 Å². The molecule has 0 aliphatic rings. The summed E-state index contributed by atoms with van der Waals surface area (Å²) in [5.41, 5.74) is 10.5. The van der Waals surface area contributed by atoms with Crippen molar-refractivity contribution in [2.24, 2.45) is 0 Å². The molecule has 0 radical (unpaired) electrons. The van der Waals surface area contributed by atoms with E-state index in [0.717, 1.165) is 16.7 Å². The van der Waals surface area contributed by atoms with Gasteiger partial charge in [-0.1, -0.05) is 72.3 Å². The van der Waals surface area contributed by atoms with Crippen LogP contribution in [0.2, 0.25) is 5.02 Å². The van der Waals surface area contributed by atoms with Crippen molar-refractivity contribution in [1.82, 2.24) is 9.97 Å². The van der Waals surface area contributed by atoms with E-state index in [1.165, 1.54) is 0 Å². The number of nitrogens with one attached hydrogen (secondary N) is 1. The van der Waals surface area contributed by atoms with E-state index in [2.05, 4.69) is 10.3 Å². The molecule has 4 aromatic rings. The van der Waals surface area contributed by atoms with Crippen molar-refractivity contribution in [2.75, 3.05) is 11.1 Å². The van der Waals surface area contributed by atoms with Gasteiger partial charge in [-0.2, -0.15) is 0 Å². The predicted molar refractivity (Wildman–Crippen MR) is 131 cm³/mol. The Balaban J connectivity index is 1.62. The van der Waals surface area contributed by atoms with Gasteiger partial charge in [0, 0.05) is 16.3 Å². The van der Waals surface area contributed by atoms with Crippen molar-refractivity contribution in [1.29, 1.82) is 0 Å². The molecular weight excluding hydrogens is 420 g/mol. The highest BCUT2D eigenvalue weighted by Crippen LogP contribution is 2.22. The minimum absolute atomic E-state index is 0.184. The van der Waals surface area contributed by atoms with Gasteiger partial charge in [-0.15, -0.1) is 0 Å². The van der Waals surface area contributed by atoms with Gasteiger partial charge in [0.2, 0.25) is 5.91 Å². The SMILES string of the molecule is Nc1ccc(-c2cnc(NC(=O)Cc3ccc(Cl)cc3)c(/C=C/c3ccccc3)n2)cc1. The molecule has 6 heteroatoms. The summed E-state index contributed by atoms with van der Waals surface area (Å²) < 4.78 is 0. The van der Waals surface area contributed by atoms with Crippen LogP contribution in [0, 0.1) is 0 Å². The number of benzene rings is 3. The van der Waals surface area contributed by atoms with Gasteiger partial charge in [0.1, 0.15) is 5.69 Å². The quantitative estimate of drug-likeness (QED) is 0.375. The minimum Gasteiger partial charge on any atom is -0.399 e. The number of rotatable bonds is 6. The third-order valence-corrected chi connectivity index (χ3v) is 5.03. The first-order chi connectivity index (χ1) is 15.6. The number of nitrogens with zero attached hydrogens (tertiary/aromatic N) is 2. The molecule has 0 spiro atoms. The third kappa shape index (κ3) is 5.59. The molecule has 1 amide bonds. The Morgan fingerprint density at radius 2 is 1.66 bits per heavy atom. The van der Waals surface area contributed by atoms with Gasteiger partial charge >= 0.3 is 0 Å². The molecule has 3 N–H and O–H groups in total. The summed E-state index contributed by atoms with van der Waals surface area (Å²) in [6.07, 6.45) is 5.64. The lowest BCUT2D eigenvalue weighted by Crippen LogP contribution is -2.16. The summed E-state index contributed by atoms with van der Waals surface area (Å²) >= 11 is 5.92. The number of aromatic nitrogens is 2. The minimum atomic E-state index is -0.184. The van der Waals surface area contributed by atoms with Gasteiger partial charge in [0.15, 0.2) is 5.82 Å². The lowest BCUT2D eigenvalue weighted by Gasteiger charge is -2.10. The molecule has 3 aromatic carbocycles. The summed E-state index contributed by atoms with van der Waals surface area (Å²) in [4.78, 5) is 21.9.